The number of rotatable bonds is 4. The van der Waals surface area contributed by atoms with Crippen molar-refractivity contribution >= 4 is 11.7 Å². The van der Waals surface area contributed by atoms with Gasteiger partial charge in [0, 0.05) is 12.1 Å². The fraction of sp³-hybridized carbons (Fsp3) is 0.462. The maximum absolute atomic E-state index is 11.7. The highest BCUT2D eigenvalue weighted by Gasteiger charge is 2.16. The van der Waals surface area contributed by atoms with E-state index < -0.39 is 11.6 Å². The first-order valence-electron chi connectivity index (χ1n) is 5.56. The average molecular weight is 237 g/mol. The van der Waals surface area contributed by atoms with Crippen molar-refractivity contribution in [1.29, 1.82) is 0 Å². The standard InChI is InChI=1S/C13H19NO3/c1-9-5-4-6-10(11(9)14)12(15)17-8-7-13(2,3)16/h4-6,16H,7-8,14H2,1-3H3. The molecule has 1 aromatic rings. The molecule has 0 unspecified atom stereocenters. The molecule has 0 radical (unpaired) electrons. The molecule has 0 aromatic heterocycles. The normalized spacial score (nSPS) is 11.3. The topological polar surface area (TPSA) is 72.5 Å². The number of para-hydroxylation sites is 1. The van der Waals surface area contributed by atoms with Crippen molar-refractivity contribution in [3.8, 4) is 0 Å². The number of aliphatic hydroxyl groups is 1. The van der Waals surface area contributed by atoms with Gasteiger partial charge in [-0.25, -0.2) is 4.79 Å². The zero-order valence-corrected chi connectivity index (χ0v) is 10.5. The molecule has 0 saturated carbocycles. The number of anilines is 1. The average Bonchev–Trinajstić information content (AvgIpc) is 2.20. The number of nitrogen functional groups attached to an aromatic ring is 1. The minimum Gasteiger partial charge on any atom is -0.462 e. The van der Waals surface area contributed by atoms with Gasteiger partial charge in [0.2, 0.25) is 0 Å². The Bertz CT molecular complexity index is 408. The maximum atomic E-state index is 11.7. The van der Waals surface area contributed by atoms with Gasteiger partial charge in [-0.05, 0) is 32.4 Å². The van der Waals surface area contributed by atoms with Crippen LogP contribution in [0.4, 0.5) is 5.69 Å². The lowest BCUT2D eigenvalue weighted by Crippen LogP contribution is -2.22. The molecule has 3 N–H and O–H groups in total. The zero-order valence-electron chi connectivity index (χ0n) is 10.5. The number of hydrogen-bond acceptors (Lipinski definition) is 4. The summed E-state index contributed by atoms with van der Waals surface area (Å²) in [6.45, 7) is 5.35. The molecule has 4 heteroatoms. The molecule has 1 aromatic carbocycles. The van der Waals surface area contributed by atoms with E-state index in [1.807, 2.05) is 13.0 Å². The van der Waals surface area contributed by atoms with Gasteiger partial charge in [-0.2, -0.15) is 0 Å². The Morgan fingerprint density at radius 1 is 1.47 bits per heavy atom. The Morgan fingerprint density at radius 2 is 2.12 bits per heavy atom. The Morgan fingerprint density at radius 3 is 2.71 bits per heavy atom. The van der Waals surface area contributed by atoms with Crippen molar-refractivity contribution in [3.63, 3.8) is 0 Å². The third-order valence-corrected chi connectivity index (χ3v) is 2.49. The SMILES string of the molecule is Cc1cccc(C(=O)OCCC(C)(C)O)c1N. The smallest absolute Gasteiger partial charge is 0.340 e. The molecule has 94 valence electrons. The third kappa shape index (κ3) is 4.07. The van der Waals surface area contributed by atoms with E-state index in [1.54, 1.807) is 26.0 Å². The van der Waals surface area contributed by atoms with Crippen LogP contribution < -0.4 is 5.73 Å². The quantitative estimate of drug-likeness (QED) is 0.619. The summed E-state index contributed by atoms with van der Waals surface area (Å²) in [5.74, 6) is -0.449. The summed E-state index contributed by atoms with van der Waals surface area (Å²) in [6, 6.07) is 5.23. The first kappa shape index (κ1) is 13.5. The molecule has 1 rings (SSSR count). The van der Waals surface area contributed by atoms with Crippen LogP contribution >= 0.6 is 0 Å². The number of esters is 1. The Hall–Kier alpha value is -1.55. The summed E-state index contributed by atoms with van der Waals surface area (Å²) in [5.41, 5.74) is 6.63. The molecule has 0 amide bonds. The Kier molecular flexibility index (Phi) is 4.12. The highest BCUT2D eigenvalue weighted by atomic mass is 16.5. The summed E-state index contributed by atoms with van der Waals surface area (Å²) >= 11 is 0. The monoisotopic (exact) mass is 237 g/mol. The van der Waals surface area contributed by atoms with Crippen LogP contribution in [0.1, 0.15) is 36.2 Å². The van der Waals surface area contributed by atoms with E-state index in [0.717, 1.165) is 5.56 Å². The Labute approximate surface area is 101 Å². The predicted octanol–water partition coefficient (Wildman–Crippen LogP) is 1.90. The van der Waals surface area contributed by atoms with Crippen LogP contribution in [0.15, 0.2) is 18.2 Å². The molecule has 0 aliphatic heterocycles. The molecule has 0 bridgehead atoms. The largest absolute Gasteiger partial charge is 0.462 e. The van der Waals surface area contributed by atoms with Crippen molar-refractivity contribution in [2.24, 2.45) is 0 Å². The summed E-state index contributed by atoms with van der Waals surface area (Å²) in [7, 11) is 0. The van der Waals surface area contributed by atoms with Gasteiger partial charge >= 0.3 is 5.97 Å². The molecular formula is C13H19NO3. The van der Waals surface area contributed by atoms with E-state index >= 15 is 0 Å². The van der Waals surface area contributed by atoms with Gasteiger partial charge in [-0.15, -0.1) is 0 Å². The van der Waals surface area contributed by atoms with Gasteiger partial charge in [0.15, 0.2) is 0 Å². The lowest BCUT2D eigenvalue weighted by atomic mass is 10.1. The molecule has 0 fully saturated rings. The van der Waals surface area contributed by atoms with E-state index in [1.165, 1.54) is 0 Å². The van der Waals surface area contributed by atoms with Crippen LogP contribution in [0.25, 0.3) is 0 Å². The van der Waals surface area contributed by atoms with Gasteiger partial charge in [-0.3, -0.25) is 0 Å². The van der Waals surface area contributed by atoms with Crippen molar-refractivity contribution in [2.75, 3.05) is 12.3 Å². The number of benzene rings is 1. The fourth-order valence-electron chi connectivity index (χ4n) is 1.33. The number of carbonyl (C=O) groups is 1. The second kappa shape index (κ2) is 5.19. The first-order chi connectivity index (χ1) is 7.81. The van der Waals surface area contributed by atoms with Crippen LogP contribution in [0.3, 0.4) is 0 Å². The molecule has 0 saturated heterocycles. The van der Waals surface area contributed by atoms with Gasteiger partial charge < -0.3 is 15.6 Å². The van der Waals surface area contributed by atoms with E-state index in [-0.39, 0.29) is 6.61 Å². The number of ether oxygens (including phenoxy) is 1. The van der Waals surface area contributed by atoms with Crippen LogP contribution in [0.5, 0.6) is 0 Å². The number of nitrogens with two attached hydrogens (primary N) is 1. The third-order valence-electron chi connectivity index (χ3n) is 2.49. The first-order valence-corrected chi connectivity index (χ1v) is 5.56. The van der Waals surface area contributed by atoms with Crippen molar-refractivity contribution < 1.29 is 14.6 Å². The molecule has 4 nitrogen and oxygen atoms in total. The fourth-order valence-corrected chi connectivity index (χ4v) is 1.33. The van der Waals surface area contributed by atoms with E-state index in [4.69, 9.17) is 10.5 Å². The number of aryl methyl sites for hydroxylation is 1. The van der Waals surface area contributed by atoms with Gasteiger partial charge in [-0.1, -0.05) is 12.1 Å². The molecule has 0 atom stereocenters. The minimum absolute atomic E-state index is 0.176. The highest BCUT2D eigenvalue weighted by Crippen LogP contribution is 2.17. The zero-order chi connectivity index (χ0) is 13.1. The molecule has 0 aliphatic rings. The van der Waals surface area contributed by atoms with Gasteiger partial charge in [0.25, 0.3) is 0 Å². The molecular weight excluding hydrogens is 218 g/mol. The van der Waals surface area contributed by atoms with Crippen LogP contribution in [0.2, 0.25) is 0 Å². The lowest BCUT2D eigenvalue weighted by molar-refractivity contribution is 0.0245. The van der Waals surface area contributed by atoms with Gasteiger partial charge in [0.1, 0.15) is 0 Å². The highest BCUT2D eigenvalue weighted by molar-refractivity contribution is 5.95. The number of carbonyl (C=O) groups excluding carboxylic acids is 1. The molecule has 0 aliphatic carbocycles. The molecule has 0 spiro atoms. The van der Waals surface area contributed by atoms with Crippen LogP contribution in [0, 0.1) is 6.92 Å². The van der Waals surface area contributed by atoms with Crippen LogP contribution in [-0.2, 0) is 4.74 Å². The maximum Gasteiger partial charge on any atom is 0.340 e. The number of hydrogen-bond donors (Lipinski definition) is 2. The predicted molar refractivity (Wildman–Crippen MR) is 66.8 cm³/mol. The second-order valence-corrected chi connectivity index (χ2v) is 4.73. The summed E-state index contributed by atoms with van der Waals surface area (Å²) in [6.07, 6.45) is 0.393. The summed E-state index contributed by atoms with van der Waals surface area (Å²) < 4.78 is 5.06. The lowest BCUT2D eigenvalue weighted by Gasteiger charge is -2.16. The Balaban J connectivity index is 2.62. The molecule has 0 heterocycles. The van der Waals surface area contributed by atoms with E-state index in [0.29, 0.717) is 17.7 Å². The summed E-state index contributed by atoms with van der Waals surface area (Å²) in [4.78, 5) is 11.7. The molecule has 17 heavy (non-hydrogen) atoms. The second-order valence-electron chi connectivity index (χ2n) is 4.73. The van der Waals surface area contributed by atoms with Crippen LogP contribution in [-0.4, -0.2) is 23.3 Å². The van der Waals surface area contributed by atoms with Crippen molar-refractivity contribution in [1.82, 2.24) is 0 Å². The van der Waals surface area contributed by atoms with E-state index in [9.17, 15) is 9.90 Å². The van der Waals surface area contributed by atoms with Crippen molar-refractivity contribution in [2.45, 2.75) is 32.8 Å². The van der Waals surface area contributed by atoms with Crippen molar-refractivity contribution in [3.05, 3.63) is 29.3 Å². The van der Waals surface area contributed by atoms with Gasteiger partial charge in [0.05, 0.1) is 17.8 Å². The summed E-state index contributed by atoms with van der Waals surface area (Å²) in [5, 5.41) is 9.48. The van der Waals surface area contributed by atoms with E-state index in [2.05, 4.69) is 0 Å². The minimum atomic E-state index is -0.835.